The first-order valence-electron chi connectivity index (χ1n) is 5.94. The van der Waals surface area contributed by atoms with Gasteiger partial charge in [0.15, 0.2) is 0 Å². The maximum Gasteiger partial charge on any atom is 0.305 e. The van der Waals surface area contributed by atoms with Gasteiger partial charge >= 0.3 is 5.97 Å². The van der Waals surface area contributed by atoms with Crippen molar-refractivity contribution < 1.29 is 23.9 Å². The highest BCUT2D eigenvalue weighted by atomic mass is 19.1. The lowest BCUT2D eigenvalue weighted by atomic mass is 10.2. The van der Waals surface area contributed by atoms with Gasteiger partial charge in [0.25, 0.3) is 5.91 Å². The average molecular weight is 282 g/mol. The molecule has 0 heterocycles. The van der Waals surface area contributed by atoms with Gasteiger partial charge < -0.3 is 15.7 Å². The minimum atomic E-state index is -1.03. The minimum absolute atomic E-state index is 0.154. The highest BCUT2D eigenvalue weighted by molar-refractivity contribution is 5.96. The SMILES string of the molecule is CC(CC(=O)O)NC(=O)CNC(=O)c1ccccc1F. The van der Waals surface area contributed by atoms with Gasteiger partial charge in [-0.05, 0) is 19.1 Å². The molecule has 1 rings (SSSR count). The number of nitrogens with one attached hydrogen (secondary N) is 2. The molecule has 2 amide bonds. The molecule has 108 valence electrons. The van der Waals surface area contributed by atoms with Crippen LogP contribution in [0.4, 0.5) is 4.39 Å². The second kappa shape index (κ2) is 7.22. The first kappa shape index (κ1) is 15.6. The predicted octanol–water partition coefficient (Wildman–Crippen LogP) is 0.535. The van der Waals surface area contributed by atoms with Crippen LogP contribution in [0.25, 0.3) is 0 Å². The Hall–Kier alpha value is -2.44. The normalized spacial score (nSPS) is 11.5. The number of benzene rings is 1. The van der Waals surface area contributed by atoms with Gasteiger partial charge in [-0.2, -0.15) is 0 Å². The Morgan fingerprint density at radius 2 is 1.95 bits per heavy atom. The maximum atomic E-state index is 13.3. The lowest BCUT2D eigenvalue weighted by Crippen LogP contribution is -2.41. The summed E-state index contributed by atoms with van der Waals surface area (Å²) < 4.78 is 13.3. The Morgan fingerprint density at radius 1 is 1.30 bits per heavy atom. The largest absolute Gasteiger partial charge is 0.481 e. The Labute approximate surface area is 115 Å². The topological polar surface area (TPSA) is 95.5 Å². The summed E-state index contributed by atoms with van der Waals surface area (Å²) in [7, 11) is 0. The number of carbonyl (C=O) groups excluding carboxylic acids is 2. The lowest BCUT2D eigenvalue weighted by molar-refractivity contribution is -0.137. The van der Waals surface area contributed by atoms with Crippen LogP contribution in [0.15, 0.2) is 24.3 Å². The van der Waals surface area contributed by atoms with Crippen LogP contribution >= 0.6 is 0 Å². The molecule has 1 aromatic carbocycles. The van der Waals surface area contributed by atoms with E-state index < -0.39 is 29.6 Å². The molecule has 6 nitrogen and oxygen atoms in total. The maximum absolute atomic E-state index is 13.3. The number of rotatable bonds is 6. The van der Waals surface area contributed by atoms with E-state index in [1.165, 1.54) is 25.1 Å². The molecule has 1 aromatic rings. The highest BCUT2D eigenvalue weighted by Gasteiger charge is 2.14. The second-order valence-corrected chi connectivity index (χ2v) is 4.23. The molecule has 0 saturated carbocycles. The zero-order valence-corrected chi connectivity index (χ0v) is 10.9. The summed E-state index contributed by atoms with van der Waals surface area (Å²) in [5, 5.41) is 13.2. The number of hydrogen-bond acceptors (Lipinski definition) is 3. The highest BCUT2D eigenvalue weighted by Crippen LogP contribution is 2.05. The molecule has 0 aliphatic heterocycles. The number of aliphatic carboxylic acids is 1. The number of hydrogen-bond donors (Lipinski definition) is 3. The van der Waals surface area contributed by atoms with Crippen molar-refractivity contribution >= 4 is 17.8 Å². The van der Waals surface area contributed by atoms with Gasteiger partial charge in [0.2, 0.25) is 5.91 Å². The Morgan fingerprint density at radius 3 is 2.55 bits per heavy atom. The summed E-state index contributed by atoms with van der Waals surface area (Å²) in [6.45, 7) is 1.18. The fraction of sp³-hybridized carbons (Fsp3) is 0.308. The predicted molar refractivity (Wildman–Crippen MR) is 68.6 cm³/mol. The van der Waals surface area contributed by atoms with Crippen molar-refractivity contribution in [3.05, 3.63) is 35.6 Å². The second-order valence-electron chi connectivity index (χ2n) is 4.23. The van der Waals surface area contributed by atoms with Crippen LogP contribution in [0.5, 0.6) is 0 Å². The summed E-state index contributed by atoms with van der Waals surface area (Å²) in [4.78, 5) is 33.5. The molecule has 0 spiro atoms. The van der Waals surface area contributed by atoms with Crippen molar-refractivity contribution in [1.29, 1.82) is 0 Å². The molecule has 1 atom stereocenters. The summed E-state index contributed by atoms with van der Waals surface area (Å²) in [5.74, 6) is -2.95. The van der Waals surface area contributed by atoms with Crippen molar-refractivity contribution in [1.82, 2.24) is 10.6 Å². The van der Waals surface area contributed by atoms with Crippen LogP contribution in [0.3, 0.4) is 0 Å². The van der Waals surface area contributed by atoms with Gasteiger partial charge in [0, 0.05) is 6.04 Å². The van der Waals surface area contributed by atoms with Crippen molar-refractivity contribution in [2.75, 3.05) is 6.54 Å². The molecular formula is C13H15FN2O4. The van der Waals surface area contributed by atoms with Gasteiger partial charge in [0.05, 0.1) is 18.5 Å². The van der Waals surface area contributed by atoms with Crippen molar-refractivity contribution in [3.8, 4) is 0 Å². The fourth-order valence-electron chi connectivity index (χ4n) is 1.54. The van der Waals surface area contributed by atoms with Crippen LogP contribution in [-0.2, 0) is 9.59 Å². The summed E-state index contributed by atoms with van der Waals surface area (Å²) >= 11 is 0. The summed E-state index contributed by atoms with van der Waals surface area (Å²) in [5.41, 5.74) is -0.154. The van der Waals surface area contributed by atoms with Gasteiger partial charge in [-0.15, -0.1) is 0 Å². The van der Waals surface area contributed by atoms with Crippen LogP contribution in [0.2, 0.25) is 0 Å². The van der Waals surface area contributed by atoms with Crippen molar-refractivity contribution in [2.45, 2.75) is 19.4 Å². The van der Waals surface area contributed by atoms with E-state index >= 15 is 0 Å². The van der Waals surface area contributed by atoms with Gasteiger partial charge in [-0.3, -0.25) is 14.4 Å². The third kappa shape index (κ3) is 5.05. The first-order valence-corrected chi connectivity index (χ1v) is 5.94. The zero-order chi connectivity index (χ0) is 15.1. The van der Waals surface area contributed by atoms with E-state index in [4.69, 9.17) is 5.11 Å². The number of halogens is 1. The molecule has 1 unspecified atom stereocenters. The molecule has 0 bridgehead atoms. The van der Waals surface area contributed by atoms with Crippen LogP contribution in [0.1, 0.15) is 23.7 Å². The molecule has 7 heteroatoms. The van der Waals surface area contributed by atoms with Gasteiger partial charge in [-0.1, -0.05) is 12.1 Å². The molecule has 0 aliphatic rings. The molecule has 20 heavy (non-hydrogen) atoms. The molecule has 3 N–H and O–H groups in total. The number of amides is 2. The van der Waals surface area contributed by atoms with E-state index in [0.29, 0.717) is 0 Å². The smallest absolute Gasteiger partial charge is 0.305 e. The van der Waals surface area contributed by atoms with Crippen molar-refractivity contribution in [3.63, 3.8) is 0 Å². The standard InChI is InChI=1S/C13H15FN2O4/c1-8(6-12(18)19)16-11(17)7-15-13(20)9-4-2-3-5-10(9)14/h2-5,8H,6-7H2,1H3,(H,15,20)(H,16,17)(H,18,19). The number of carbonyl (C=O) groups is 3. The van der Waals surface area contributed by atoms with E-state index in [2.05, 4.69) is 10.6 Å². The summed E-state index contributed by atoms with van der Waals surface area (Å²) in [6, 6.07) is 4.85. The lowest BCUT2D eigenvalue weighted by Gasteiger charge is -2.12. The number of carboxylic acids is 1. The molecule has 0 saturated heterocycles. The van der Waals surface area contributed by atoms with Crippen molar-refractivity contribution in [2.24, 2.45) is 0 Å². The zero-order valence-electron chi connectivity index (χ0n) is 10.9. The summed E-state index contributed by atoms with van der Waals surface area (Å²) in [6.07, 6.45) is -0.215. The third-order valence-corrected chi connectivity index (χ3v) is 2.42. The Kier molecular flexibility index (Phi) is 5.64. The van der Waals surface area contributed by atoms with Gasteiger partial charge in [-0.25, -0.2) is 4.39 Å². The third-order valence-electron chi connectivity index (χ3n) is 2.42. The Bertz CT molecular complexity index is 519. The van der Waals surface area contributed by atoms with Gasteiger partial charge in [0.1, 0.15) is 5.82 Å². The quantitative estimate of drug-likeness (QED) is 0.709. The van der Waals surface area contributed by atoms with E-state index in [0.717, 1.165) is 6.07 Å². The van der Waals surface area contributed by atoms with Crippen LogP contribution < -0.4 is 10.6 Å². The molecule has 0 fully saturated rings. The fourth-order valence-corrected chi connectivity index (χ4v) is 1.54. The average Bonchev–Trinajstić information content (AvgIpc) is 2.35. The van der Waals surface area contributed by atoms with E-state index in [1.807, 2.05) is 0 Å². The first-order chi connectivity index (χ1) is 9.40. The van der Waals surface area contributed by atoms with E-state index in [-0.39, 0.29) is 18.5 Å². The number of carboxylic acid groups (broad SMARTS) is 1. The molecular weight excluding hydrogens is 267 g/mol. The molecule has 0 aromatic heterocycles. The van der Waals surface area contributed by atoms with E-state index in [9.17, 15) is 18.8 Å². The molecule has 0 aliphatic carbocycles. The van der Waals surface area contributed by atoms with Crippen LogP contribution in [-0.4, -0.2) is 35.5 Å². The van der Waals surface area contributed by atoms with Crippen LogP contribution in [0, 0.1) is 5.82 Å². The van der Waals surface area contributed by atoms with E-state index in [1.54, 1.807) is 0 Å². The minimum Gasteiger partial charge on any atom is -0.481 e. The Balaban J connectivity index is 2.43. The monoisotopic (exact) mass is 282 g/mol. The molecule has 0 radical (unpaired) electrons.